The van der Waals surface area contributed by atoms with E-state index in [0.29, 0.717) is 24.2 Å². The van der Waals surface area contributed by atoms with Crippen LogP contribution in [-0.4, -0.2) is 37.0 Å². The minimum absolute atomic E-state index is 0.0696. The minimum Gasteiger partial charge on any atom is -0.466 e. The Labute approximate surface area is 93.3 Å². The highest BCUT2D eigenvalue weighted by Gasteiger charge is 2.25. The van der Waals surface area contributed by atoms with Crippen LogP contribution in [0.3, 0.4) is 0 Å². The molecule has 0 bridgehead atoms. The fourth-order valence-corrected chi connectivity index (χ4v) is 1.63. The third-order valence-corrected chi connectivity index (χ3v) is 2.52. The van der Waals surface area contributed by atoms with Crippen LogP contribution in [-0.2, 0) is 26.8 Å². The first kappa shape index (κ1) is 11.8. The molecular formula is C9H12N2O3S. The molecule has 0 N–H and O–H groups in total. The number of carbonyl (C=O) groups excluding carboxylic acids is 2. The van der Waals surface area contributed by atoms with Gasteiger partial charge in [-0.25, -0.2) is 4.79 Å². The molecule has 6 heteroatoms. The number of methoxy groups -OCH3 is 1. The summed E-state index contributed by atoms with van der Waals surface area (Å²) in [6, 6.07) is 0. The van der Waals surface area contributed by atoms with E-state index in [-0.39, 0.29) is 12.5 Å². The zero-order valence-electron chi connectivity index (χ0n) is 8.65. The molecule has 0 atom stereocenters. The number of carbonyl (C=O) groups is 2. The van der Waals surface area contributed by atoms with Crippen LogP contribution in [0.15, 0.2) is 15.6 Å². The number of hydrogen-bond donors (Lipinski definition) is 0. The summed E-state index contributed by atoms with van der Waals surface area (Å²) in [5.74, 6) is -0.538. The van der Waals surface area contributed by atoms with Crippen LogP contribution in [0.25, 0.3) is 0 Å². The summed E-state index contributed by atoms with van der Waals surface area (Å²) in [4.78, 5) is 24.1. The lowest BCUT2D eigenvalue weighted by Gasteiger charge is -2.26. The Kier molecular flexibility index (Phi) is 3.90. The van der Waals surface area contributed by atoms with Gasteiger partial charge in [0.1, 0.15) is 0 Å². The van der Waals surface area contributed by atoms with Crippen LogP contribution >= 0.6 is 0 Å². The van der Waals surface area contributed by atoms with Crippen molar-refractivity contribution in [2.45, 2.75) is 13.3 Å². The Morgan fingerprint density at radius 1 is 1.53 bits per heavy atom. The molecule has 0 saturated carbocycles. The summed E-state index contributed by atoms with van der Waals surface area (Å²) in [7, 11) is 1.29. The average molecular weight is 228 g/mol. The fraction of sp³-hybridized carbons (Fsp3) is 0.556. The lowest BCUT2D eigenvalue weighted by Crippen LogP contribution is -2.37. The van der Waals surface area contributed by atoms with Gasteiger partial charge in [-0.3, -0.25) is 4.79 Å². The second kappa shape index (κ2) is 4.97. The van der Waals surface area contributed by atoms with Gasteiger partial charge in [-0.2, -0.15) is 4.36 Å². The van der Waals surface area contributed by atoms with Crippen molar-refractivity contribution >= 4 is 24.3 Å². The molecule has 0 aromatic rings. The molecule has 0 spiro atoms. The SMILES string of the molecule is COC(=O)C1=C(N=S)CCN(C(C)=O)C1. The number of ether oxygens (including phenoxy) is 1. The standard InChI is InChI=1S/C9H12N2O3S/c1-6(12)11-4-3-8(10-15)7(5-11)9(13)14-2/h3-5H2,1-2H3. The highest BCUT2D eigenvalue weighted by molar-refractivity contribution is 7.47. The lowest BCUT2D eigenvalue weighted by atomic mass is 10.1. The maximum absolute atomic E-state index is 11.4. The van der Waals surface area contributed by atoms with Crippen molar-refractivity contribution in [3.63, 3.8) is 0 Å². The quantitative estimate of drug-likeness (QED) is 0.642. The molecule has 0 saturated heterocycles. The molecule has 1 aliphatic heterocycles. The van der Waals surface area contributed by atoms with Crippen LogP contribution in [0.1, 0.15) is 13.3 Å². The van der Waals surface area contributed by atoms with E-state index < -0.39 is 5.97 Å². The van der Waals surface area contributed by atoms with Crippen LogP contribution < -0.4 is 0 Å². The molecule has 1 rings (SSSR count). The van der Waals surface area contributed by atoms with Crippen molar-refractivity contribution in [3.05, 3.63) is 11.3 Å². The smallest absolute Gasteiger partial charge is 0.337 e. The molecule has 0 aromatic heterocycles. The predicted molar refractivity (Wildman–Crippen MR) is 55.7 cm³/mol. The number of esters is 1. The molecule has 1 heterocycles. The molecule has 0 aromatic carbocycles. The van der Waals surface area contributed by atoms with E-state index in [2.05, 4.69) is 21.5 Å². The van der Waals surface area contributed by atoms with Gasteiger partial charge in [0.15, 0.2) is 0 Å². The summed E-state index contributed by atoms with van der Waals surface area (Å²) in [5.41, 5.74) is 0.934. The molecular weight excluding hydrogens is 216 g/mol. The molecule has 0 unspecified atom stereocenters. The summed E-state index contributed by atoms with van der Waals surface area (Å²) in [5, 5.41) is 0. The van der Waals surface area contributed by atoms with Gasteiger partial charge in [-0.1, -0.05) is 0 Å². The van der Waals surface area contributed by atoms with E-state index >= 15 is 0 Å². The minimum atomic E-state index is -0.468. The largest absolute Gasteiger partial charge is 0.466 e. The van der Waals surface area contributed by atoms with Crippen LogP contribution in [0, 0.1) is 0 Å². The maximum Gasteiger partial charge on any atom is 0.337 e. The van der Waals surface area contributed by atoms with Crippen molar-refractivity contribution in [2.75, 3.05) is 20.2 Å². The summed E-state index contributed by atoms with van der Waals surface area (Å²) in [6.45, 7) is 2.24. The van der Waals surface area contributed by atoms with Crippen LogP contribution in [0.4, 0.5) is 0 Å². The van der Waals surface area contributed by atoms with E-state index in [1.54, 1.807) is 4.90 Å². The molecule has 15 heavy (non-hydrogen) atoms. The molecule has 0 fully saturated rings. The van der Waals surface area contributed by atoms with E-state index in [1.165, 1.54) is 14.0 Å². The highest BCUT2D eigenvalue weighted by atomic mass is 32.1. The maximum atomic E-state index is 11.4. The Morgan fingerprint density at radius 2 is 2.20 bits per heavy atom. The Balaban J connectivity index is 2.93. The average Bonchev–Trinajstić information content (AvgIpc) is 2.27. The van der Waals surface area contributed by atoms with E-state index in [4.69, 9.17) is 0 Å². The van der Waals surface area contributed by atoms with Gasteiger partial charge in [0.05, 0.1) is 24.9 Å². The highest BCUT2D eigenvalue weighted by Crippen LogP contribution is 2.19. The first-order valence-electron chi connectivity index (χ1n) is 4.49. The molecule has 82 valence electrons. The van der Waals surface area contributed by atoms with Crippen LogP contribution in [0.2, 0.25) is 0 Å². The van der Waals surface area contributed by atoms with E-state index in [0.717, 1.165) is 0 Å². The molecule has 0 aliphatic carbocycles. The van der Waals surface area contributed by atoms with Gasteiger partial charge >= 0.3 is 5.97 Å². The first-order chi connectivity index (χ1) is 7.10. The third-order valence-electron chi connectivity index (χ3n) is 2.30. The second-order valence-corrected chi connectivity index (χ2v) is 3.38. The van der Waals surface area contributed by atoms with Gasteiger partial charge in [0, 0.05) is 32.3 Å². The van der Waals surface area contributed by atoms with Crippen molar-refractivity contribution < 1.29 is 14.3 Å². The topological polar surface area (TPSA) is 59.0 Å². The molecule has 1 amide bonds. The summed E-state index contributed by atoms with van der Waals surface area (Å²) < 4.78 is 8.22. The van der Waals surface area contributed by atoms with Gasteiger partial charge in [0.25, 0.3) is 0 Å². The Hall–Kier alpha value is -1.30. The monoisotopic (exact) mass is 228 g/mol. The van der Waals surface area contributed by atoms with Crippen molar-refractivity contribution in [1.29, 1.82) is 0 Å². The van der Waals surface area contributed by atoms with Gasteiger partial charge < -0.3 is 9.64 Å². The van der Waals surface area contributed by atoms with Crippen LogP contribution in [0.5, 0.6) is 0 Å². The summed E-state index contributed by atoms with van der Waals surface area (Å²) >= 11 is 4.58. The number of amides is 1. The fourth-order valence-electron chi connectivity index (χ4n) is 1.43. The first-order valence-corrected chi connectivity index (χ1v) is 4.86. The number of rotatable bonds is 2. The normalized spacial score (nSPS) is 16.3. The lowest BCUT2D eigenvalue weighted by molar-refractivity contribution is -0.137. The summed E-state index contributed by atoms with van der Waals surface area (Å²) in [6.07, 6.45) is 0.507. The van der Waals surface area contributed by atoms with Crippen molar-refractivity contribution in [2.24, 2.45) is 4.36 Å². The van der Waals surface area contributed by atoms with Crippen molar-refractivity contribution in [1.82, 2.24) is 4.90 Å². The predicted octanol–water partition coefficient (Wildman–Crippen LogP) is 0.396. The Morgan fingerprint density at radius 3 is 2.67 bits per heavy atom. The van der Waals surface area contributed by atoms with E-state index in [1.807, 2.05) is 0 Å². The zero-order valence-corrected chi connectivity index (χ0v) is 9.47. The van der Waals surface area contributed by atoms with Gasteiger partial charge in [-0.15, -0.1) is 0 Å². The Bertz CT molecular complexity index is 338. The number of hydrogen-bond acceptors (Lipinski definition) is 5. The molecule has 1 aliphatic rings. The molecule has 5 nitrogen and oxygen atoms in total. The number of nitrogens with zero attached hydrogens (tertiary/aromatic N) is 2. The zero-order chi connectivity index (χ0) is 11.4. The third kappa shape index (κ3) is 2.59. The molecule has 0 radical (unpaired) electrons. The van der Waals surface area contributed by atoms with Crippen molar-refractivity contribution in [3.8, 4) is 0 Å². The second-order valence-electron chi connectivity index (χ2n) is 3.20. The van der Waals surface area contributed by atoms with E-state index in [9.17, 15) is 9.59 Å². The van der Waals surface area contributed by atoms with Gasteiger partial charge in [-0.05, 0) is 0 Å². The van der Waals surface area contributed by atoms with Gasteiger partial charge in [0.2, 0.25) is 5.91 Å².